The van der Waals surface area contributed by atoms with Crippen LogP contribution in [0.25, 0.3) is 11.0 Å². The molecular weight excluding hydrogens is 381 g/mol. The lowest BCUT2D eigenvalue weighted by atomic mass is 10.1. The minimum absolute atomic E-state index is 0. The summed E-state index contributed by atoms with van der Waals surface area (Å²) >= 11 is 0. The first-order valence-corrected chi connectivity index (χ1v) is 8.04. The standard InChI is InChI=1S/C16H21N5O3.2ClH/c1-20-13-11(15(23)21(2)16(20)24)3-4-12(19-13)14(22)18-8-6-10-5-7-17-9-10;;/h3-4,10,17H,5-9H2,1-2H3,(H,18,22);2*1H. The van der Waals surface area contributed by atoms with Crippen molar-refractivity contribution in [2.75, 3.05) is 19.6 Å². The number of carbonyl (C=O) groups excluding carboxylic acids is 1. The topological polar surface area (TPSA) is 98.0 Å². The molecule has 0 radical (unpaired) electrons. The van der Waals surface area contributed by atoms with Gasteiger partial charge < -0.3 is 10.6 Å². The maximum absolute atomic E-state index is 12.3. The van der Waals surface area contributed by atoms with E-state index in [1.165, 1.54) is 24.7 Å². The SMILES string of the molecule is Cl.Cl.Cn1c(=O)c2ccc(C(=O)NCCC3CCNC3)nc2n(C)c1=O. The molecule has 1 fully saturated rings. The quantitative estimate of drug-likeness (QED) is 0.759. The molecule has 0 saturated carbocycles. The van der Waals surface area contributed by atoms with Gasteiger partial charge in [0.1, 0.15) is 11.3 Å². The Bertz CT molecular complexity index is 903. The summed E-state index contributed by atoms with van der Waals surface area (Å²) in [5.41, 5.74) is -0.460. The summed E-state index contributed by atoms with van der Waals surface area (Å²) in [6, 6.07) is 3.06. The number of pyridine rings is 1. The lowest BCUT2D eigenvalue weighted by Gasteiger charge is -2.10. The van der Waals surface area contributed by atoms with E-state index in [9.17, 15) is 14.4 Å². The number of amides is 1. The molecular formula is C16H23Cl2N5O3. The third kappa shape index (κ3) is 4.25. The van der Waals surface area contributed by atoms with Gasteiger partial charge in [-0.2, -0.15) is 0 Å². The van der Waals surface area contributed by atoms with Crippen molar-refractivity contribution in [1.29, 1.82) is 0 Å². The number of fused-ring (bicyclic) bond motifs is 1. The van der Waals surface area contributed by atoms with Crippen molar-refractivity contribution >= 4 is 41.8 Å². The van der Waals surface area contributed by atoms with Crippen LogP contribution in [0.4, 0.5) is 0 Å². The van der Waals surface area contributed by atoms with Gasteiger partial charge in [0.25, 0.3) is 11.5 Å². The van der Waals surface area contributed by atoms with Gasteiger partial charge in [-0.15, -0.1) is 24.8 Å². The highest BCUT2D eigenvalue weighted by molar-refractivity contribution is 5.94. The first kappa shape index (κ1) is 22.1. The fourth-order valence-corrected chi connectivity index (χ4v) is 3.02. The van der Waals surface area contributed by atoms with Crippen molar-refractivity contribution in [3.8, 4) is 0 Å². The first-order valence-electron chi connectivity index (χ1n) is 8.04. The van der Waals surface area contributed by atoms with Gasteiger partial charge in [-0.1, -0.05) is 0 Å². The van der Waals surface area contributed by atoms with E-state index in [4.69, 9.17) is 0 Å². The van der Waals surface area contributed by atoms with E-state index in [-0.39, 0.29) is 42.1 Å². The molecule has 1 aliphatic rings. The molecule has 144 valence electrons. The molecule has 8 nitrogen and oxygen atoms in total. The molecule has 0 bridgehead atoms. The van der Waals surface area contributed by atoms with Crippen molar-refractivity contribution in [3.05, 3.63) is 38.7 Å². The van der Waals surface area contributed by atoms with Crippen LogP contribution in [-0.4, -0.2) is 39.7 Å². The number of aromatic nitrogens is 3. The van der Waals surface area contributed by atoms with Gasteiger partial charge in [0.05, 0.1) is 5.39 Å². The predicted octanol–water partition coefficient (Wildman–Crippen LogP) is 0.205. The average molecular weight is 404 g/mol. The van der Waals surface area contributed by atoms with E-state index in [2.05, 4.69) is 15.6 Å². The van der Waals surface area contributed by atoms with Crippen LogP contribution in [0.15, 0.2) is 21.7 Å². The fraction of sp³-hybridized carbons (Fsp3) is 0.500. The molecule has 2 aromatic rings. The summed E-state index contributed by atoms with van der Waals surface area (Å²) in [5.74, 6) is 0.301. The number of hydrogen-bond acceptors (Lipinski definition) is 5. The molecule has 10 heteroatoms. The zero-order valence-electron chi connectivity index (χ0n) is 14.7. The van der Waals surface area contributed by atoms with E-state index in [1.807, 2.05) is 0 Å². The molecule has 1 saturated heterocycles. The molecule has 1 unspecified atom stereocenters. The number of aryl methyl sites for hydroxylation is 1. The van der Waals surface area contributed by atoms with Crippen molar-refractivity contribution in [2.24, 2.45) is 20.0 Å². The number of rotatable bonds is 4. The van der Waals surface area contributed by atoms with Gasteiger partial charge in [-0.05, 0) is 44.0 Å². The Morgan fingerprint density at radius 1 is 1.27 bits per heavy atom. The molecule has 26 heavy (non-hydrogen) atoms. The van der Waals surface area contributed by atoms with E-state index < -0.39 is 11.2 Å². The molecule has 2 N–H and O–H groups in total. The molecule has 3 rings (SSSR count). The van der Waals surface area contributed by atoms with Gasteiger partial charge in [-0.25, -0.2) is 9.78 Å². The lowest BCUT2D eigenvalue weighted by molar-refractivity contribution is 0.0947. The van der Waals surface area contributed by atoms with Crippen molar-refractivity contribution in [3.63, 3.8) is 0 Å². The van der Waals surface area contributed by atoms with Gasteiger partial charge in [0.15, 0.2) is 0 Å². The Labute approximate surface area is 162 Å². The van der Waals surface area contributed by atoms with Crippen LogP contribution < -0.4 is 21.9 Å². The smallest absolute Gasteiger partial charge is 0.332 e. The maximum atomic E-state index is 12.3. The van der Waals surface area contributed by atoms with Gasteiger partial charge in [-0.3, -0.25) is 18.7 Å². The highest BCUT2D eigenvalue weighted by Crippen LogP contribution is 2.11. The second-order valence-electron chi connectivity index (χ2n) is 6.18. The molecule has 2 aromatic heterocycles. The largest absolute Gasteiger partial charge is 0.351 e. The van der Waals surface area contributed by atoms with Crippen LogP contribution in [0, 0.1) is 5.92 Å². The molecule has 0 aliphatic carbocycles. The van der Waals surface area contributed by atoms with Crippen LogP contribution in [0.2, 0.25) is 0 Å². The monoisotopic (exact) mass is 403 g/mol. The summed E-state index contributed by atoms with van der Waals surface area (Å²) in [5, 5.41) is 6.46. The van der Waals surface area contributed by atoms with Gasteiger partial charge >= 0.3 is 5.69 Å². The van der Waals surface area contributed by atoms with Gasteiger partial charge in [0.2, 0.25) is 0 Å². The van der Waals surface area contributed by atoms with E-state index in [1.54, 1.807) is 6.07 Å². The normalized spacial score (nSPS) is 16.0. The summed E-state index contributed by atoms with van der Waals surface area (Å²) in [6.45, 7) is 2.61. The summed E-state index contributed by atoms with van der Waals surface area (Å²) in [7, 11) is 2.95. The third-order valence-electron chi connectivity index (χ3n) is 4.53. The number of halogens is 2. The van der Waals surface area contributed by atoms with Crippen molar-refractivity contribution in [2.45, 2.75) is 12.8 Å². The summed E-state index contributed by atoms with van der Waals surface area (Å²) in [4.78, 5) is 40.6. The second-order valence-corrected chi connectivity index (χ2v) is 6.18. The van der Waals surface area contributed by atoms with Crippen LogP contribution in [-0.2, 0) is 14.1 Å². The van der Waals surface area contributed by atoms with Crippen LogP contribution in [0.3, 0.4) is 0 Å². The molecule has 0 spiro atoms. The highest BCUT2D eigenvalue weighted by Gasteiger charge is 2.16. The second kappa shape index (κ2) is 9.16. The minimum Gasteiger partial charge on any atom is -0.351 e. The fourth-order valence-electron chi connectivity index (χ4n) is 3.02. The molecule has 3 heterocycles. The first-order chi connectivity index (χ1) is 11.5. The summed E-state index contributed by atoms with van der Waals surface area (Å²) < 4.78 is 2.30. The number of nitrogens with one attached hydrogen (secondary N) is 2. The van der Waals surface area contributed by atoms with E-state index in [0.29, 0.717) is 17.8 Å². The zero-order chi connectivity index (χ0) is 17.3. The third-order valence-corrected chi connectivity index (χ3v) is 4.53. The Hall–Kier alpha value is -1.90. The molecule has 1 amide bonds. The number of hydrogen-bond donors (Lipinski definition) is 2. The average Bonchev–Trinajstić information content (AvgIpc) is 3.11. The lowest BCUT2D eigenvalue weighted by Crippen LogP contribution is -2.37. The minimum atomic E-state index is -0.466. The van der Waals surface area contributed by atoms with Crippen LogP contribution in [0.5, 0.6) is 0 Å². The van der Waals surface area contributed by atoms with Crippen LogP contribution >= 0.6 is 24.8 Å². The Kier molecular flexibility index (Phi) is 7.80. The Morgan fingerprint density at radius 2 is 2.00 bits per heavy atom. The molecule has 1 aliphatic heterocycles. The summed E-state index contributed by atoms with van der Waals surface area (Å²) in [6.07, 6.45) is 2.06. The van der Waals surface area contributed by atoms with E-state index >= 15 is 0 Å². The predicted molar refractivity (Wildman–Crippen MR) is 105 cm³/mol. The van der Waals surface area contributed by atoms with E-state index in [0.717, 1.165) is 30.5 Å². The van der Waals surface area contributed by atoms with Crippen molar-refractivity contribution in [1.82, 2.24) is 24.8 Å². The number of nitrogens with zero attached hydrogens (tertiary/aromatic N) is 3. The highest BCUT2D eigenvalue weighted by atomic mass is 35.5. The van der Waals surface area contributed by atoms with Crippen molar-refractivity contribution < 1.29 is 4.79 Å². The maximum Gasteiger partial charge on any atom is 0.332 e. The van der Waals surface area contributed by atoms with Gasteiger partial charge in [0, 0.05) is 20.6 Å². The zero-order valence-corrected chi connectivity index (χ0v) is 16.3. The number of carbonyl (C=O) groups is 1. The van der Waals surface area contributed by atoms with Crippen LogP contribution in [0.1, 0.15) is 23.3 Å². The Morgan fingerprint density at radius 3 is 2.65 bits per heavy atom. The molecule has 0 aromatic carbocycles. The molecule has 1 atom stereocenters. The Balaban J connectivity index is 0.00000169.